The van der Waals surface area contributed by atoms with Gasteiger partial charge in [-0.05, 0) is 41.3 Å². The van der Waals surface area contributed by atoms with E-state index in [0.29, 0.717) is 18.1 Å². The minimum atomic E-state index is -1.34. The number of carboxylic acid groups (broad SMARTS) is 1. The van der Waals surface area contributed by atoms with Gasteiger partial charge in [-0.3, -0.25) is 4.79 Å². The van der Waals surface area contributed by atoms with Gasteiger partial charge in [-0.1, -0.05) is 38.1 Å². The summed E-state index contributed by atoms with van der Waals surface area (Å²) in [5.41, 5.74) is 1.20. The van der Waals surface area contributed by atoms with Crippen molar-refractivity contribution in [2.24, 2.45) is 5.92 Å². The molecule has 2 amide bonds. The maximum Gasteiger partial charge on any atom is 0.405 e. The highest BCUT2D eigenvalue weighted by molar-refractivity contribution is 5.86. The lowest BCUT2D eigenvalue weighted by Gasteiger charge is -2.17. The first-order chi connectivity index (χ1) is 12.8. The van der Waals surface area contributed by atoms with Crippen LogP contribution in [0, 0.1) is 11.7 Å². The SMILES string of the molecule is CC(C)COc1ccc(CNC(=O)C(NC(=O)O)c2ccc(F)cc2)cc1. The maximum atomic E-state index is 13.1. The van der Waals surface area contributed by atoms with Crippen molar-refractivity contribution in [3.05, 3.63) is 65.5 Å². The van der Waals surface area contributed by atoms with E-state index in [9.17, 15) is 14.0 Å². The van der Waals surface area contributed by atoms with Crippen LogP contribution >= 0.6 is 0 Å². The molecule has 0 aliphatic heterocycles. The molecule has 0 fully saturated rings. The lowest BCUT2D eigenvalue weighted by molar-refractivity contribution is -0.123. The smallest absolute Gasteiger partial charge is 0.405 e. The van der Waals surface area contributed by atoms with Crippen molar-refractivity contribution in [3.8, 4) is 5.75 Å². The maximum absolute atomic E-state index is 13.1. The molecular weight excluding hydrogens is 351 g/mol. The topological polar surface area (TPSA) is 87.7 Å². The molecule has 3 N–H and O–H groups in total. The first kappa shape index (κ1) is 20.2. The van der Waals surface area contributed by atoms with Crippen LogP contribution in [-0.4, -0.2) is 23.7 Å². The first-order valence-electron chi connectivity index (χ1n) is 8.59. The standard InChI is InChI=1S/C20H23FN2O4/c1-13(2)12-27-17-9-3-14(4-10-17)11-22-19(24)18(23-20(25)26)15-5-7-16(21)8-6-15/h3-10,13,18,23H,11-12H2,1-2H3,(H,22,24)(H,25,26). The summed E-state index contributed by atoms with van der Waals surface area (Å²) in [7, 11) is 0. The van der Waals surface area contributed by atoms with E-state index in [0.717, 1.165) is 11.3 Å². The summed E-state index contributed by atoms with van der Waals surface area (Å²) in [6, 6.07) is 11.3. The third-order valence-electron chi connectivity index (χ3n) is 3.71. The van der Waals surface area contributed by atoms with Crippen molar-refractivity contribution in [1.29, 1.82) is 0 Å². The van der Waals surface area contributed by atoms with Gasteiger partial charge in [-0.25, -0.2) is 9.18 Å². The van der Waals surface area contributed by atoms with Crippen LogP contribution in [0.4, 0.5) is 9.18 Å². The average molecular weight is 374 g/mol. The number of carbonyl (C=O) groups is 2. The van der Waals surface area contributed by atoms with Crippen LogP contribution in [0.25, 0.3) is 0 Å². The van der Waals surface area contributed by atoms with Crippen molar-refractivity contribution in [1.82, 2.24) is 10.6 Å². The third-order valence-corrected chi connectivity index (χ3v) is 3.71. The fraction of sp³-hybridized carbons (Fsp3) is 0.300. The van der Waals surface area contributed by atoms with Crippen LogP contribution in [0.15, 0.2) is 48.5 Å². The summed E-state index contributed by atoms with van der Waals surface area (Å²) in [5.74, 6) is 0.182. The normalized spacial score (nSPS) is 11.7. The predicted octanol–water partition coefficient (Wildman–Crippen LogP) is 3.49. The Bertz CT molecular complexity index is 761. The van der Waals surface area contributed by atoms with Crippen molar-refractivity contribution in [3.63, 3.8) is 0 Å². The molecule has 6 nitrogen and oxygen atoms in total. The van der Waals surface area contributed by atoms with E-state index in [4.69, 9.17) is 9.84 Å². The van der Waals surface area contributed by atoms with E-state index < -0.39 is 23.9 Å². The Morgan fingerprint density at radius 1 is 1.07 bits per heavy atom. The first-order valence-corrected chi connectivity index (χ1v) is 8.59. The summed E-state index contributed by atoms with van der Waals surface area (Å²) in [4.78, 5) is 23.4. The second-order valence-corrected chi connectivity index (χ2v) is 6.50. The van der Waals surface area contributed by atoms with Gasteiger partial charge in [0.05, 0.1) is 6.61 Å². The Hall–Kier alpha value is -3.09. The molecule has 2 aromatic rings. The fourth-order valence-electron chi connectivity index (χ4n) is 2.34. The van der Waals surface area contributed by atoms with E-state index >= 15 is 0 Å². The zero-order chi connectivity index (χ0) is 19.8. The molecule has 1 unspecified atom stereocenters. The van der Waals surface area contributed by atoms with E-state index in [1.54, 1.807) is 0 Å². The highest BCUT2D eigenvalue weighted by Crippen LogP contribution is 2.16. The Kier molecular flexibility index (Phi) is 7.16. The van der Waals surface area contributed by atoms with Gasteiger partial charge in [0.25, 0.3) is 0 Å². The summed E-state index contributed by atoms with van der Waals surface area (Å²) in [6.07, 6.45) is -1.34. The highest BCUT2D eigenvalue weighted by Gasteiger charge is 2.22. The average Bonchev–Trinajstić information content (AvgIpc) is 2.64. The molecule has 0 bridgehead atoms. The summed E-state index contributed by atoms with van der Waals surface area (Å²) in [6.45, 7) is 4.97. The molecule has 0 radical (unpaired) electrons. The molecule has 2 rings (SSSR count). The predicted molar refractivity (Wildman–Crippen MR) is 98.9 cm³/mol. The number of ether oxygens (including phenoxy) is 1. The van der Waals surface area contributed by atoms with Crippen LogP contribution in [0.1, 0.15) is 31.0 Å². The lowest BCUT2D eigenvalue weighted by Crippen LogP contribution is -2.39. The molecule has 2 aromatic carbocycles. The van der Waals surface area contributed by atoms with Gasteiger partial charge in [-0.15, -0.1) is 0 Å². The van der Waals surface area contributed by atoms with Gasteiger partial charge in [0.2, 0.25) is 5.91 Å². The second-order valence-electron chi connectivity index (χ2n) is 6.50. The van der Waals surface area contributed by atoms with Gasteiger partial charge < -0.3 is 20.5 Å². The zero-order valence-corrected chi connectivity index (χ0v) is 15.2. The zero-order valence-electron chi connectivity index (χ0n) is 15.2. The third kappa shape index (κ3) is 6.62. The van der Waals surface area contributed by atoms with E-state index in [1.807, 2.05) is 24.3 Å². The Morgan fingerprint density at radius 2 is 1.70 bits per heavy atom. The number of amides is 2. The Balaban J connectivity index is 1.98. The Labute approximate surface area is 157 Å². The molecule has 0 aliphatic carbocycles. The molecular formula is C20H23FN2O4. The summed E-state index contributed by atoms with van der Waals surface area (Å²) < 4.78 is 18.7. The molecule has 0 aliphatic rings. The molecule has 0 aromatic heterocycles. The van der Waals surface area contributed by atoms with Gasteiger partial charge >= 0.3 is 6.09 Å². The van der Waals surface area contributed by atoms with Gasteiger partial charge in [0, 0.05) is 6.54 Å². The summed E-state index contributed by atoms with van der Waals surface area (Å²) >= 11 is 0. The van der Waals surface area contributed by atoms with Crippen molar-refractivity contribution < 1.29 is 23.8 Å². The van der Waals surface area contributed by atoms with Gasteiger partial charge in [0.1, 0.15) is 17.6 Å². The molecule has 0 spiro atoms. The molecule has 7 heteroatoms. The van der Waals surface area contributed by atoms with Crippen LogP contribution in [0.5, 0.6) is 5.75 Å². The highest BCUT2D eigenvalue weighted by atomic mass is 19.1. The molecule has 0 saturated carbocycles. The molecule has 27 heavy (non-hydrogen) atoms. The van der Waals surface area contributed by atoms with Gasteiger partial charge in [0.15, 0.2) is 0 Å². The fourth-order valence-corrected chi connectivity index (χ4v) is 2.34. The van der Waals surface area contributed by atoms with E-state index in [2.05, 4.69) is 24.5 Å². The minimum Gasteiger partial charge on any atom is -0.493 e. The molecule has 0 heterocycles. The van der Waals surface area contributed by atoms with E-state index in [-0.39, 0.29) is 6.54 Å². The molecule has 0 saturated heterocycles. The number of halogens is 1. The van der Waals surface area contributed by atoms with Crippen molar-refractivity contribution >= 4 is 12.0 Å². The number of carbonyl (C=O) groups excluding carboxylic acids is 1. The van der Waals surface area contributed by atoms with Gasteiger partial charge in [-0.2, -0.15) is 0 Å². The van der Waals surface area contributed by atoms with Crippen LogP contribution in [-0.2, 0) is 11.3 Å². The summed E-state index contributed by atoms with van der Waals surface area (Å²) in [5, 5.41) is 13.8. The quantitative estimate of drug-likeness (QED) is 0.660. The lowest BCUT2D eigenvalue weighted by atomic mass is 10.1. The second kappa shape index (κ2) is 9.56. The van der Waals surface area contributed by atoms with Crippen LogP contribution in [0.2, 0.25) is 0 Å². The van der Waals surface area contributed by atoms with Crippen LogP contribution in [0.3, 0.4) is 0 Å². The minimum absolute atomic E-state index is 0.224. The number of hydrogen-bond acceptors (Lipinski definition) is 3. The van der Waals surface area contributed by atoms with Crippen molar-refractivity contribution in [2.75, 3.05) is 6.61 Å². The monoisotopic (exact) mass is 374 g/mol. The number of rotatable bonds is 8. The Morgan fingerprint density at radius 3 is 2.26 bits per heavy atom. The van der Waals surface area contributed by atoms with Crippen LogP contribution < -0.4 is 15.4 Å². The van der Waals surface area contributed by atoms with Crippen molar-refractivity contribution in [2.45, 2.75) is 26.4 Å². The largest absolute Gasteiger partial charge is 0.493 e. The number of hydrogen-bond donors (Lipinski definition) is 3. The molecule has 144 valence electrons. The number of nitrogens with one attached hydrogen (secondary N) is 2. The van der Waals surface area contributed by atoms with E-state index in [1.165, 1.54) is 24.3 Å². The molecule has 1 atom stereocenters. The number of benzene rings is 2.